The molecule has 0 heterocycles. The van der Waals surface area contributed by atoms with Crippen molar-refractivity contribution in [2.75, 3.05) is 5.32 Å². The molecule has 0 fully saturated rings. The molecule has 27 heavy (non-hydrogen) atoms. The molecule has 0 bridgehead atoms. The van der Waals surface area contributed by atoms with Crippen molar-refractivity contribution >= 4 is 23.3 Å². The fraction of sp³-hybridized carbons (Fsp3) is 0.238. The molecule has 2 aromatic rings. The number of hydrogen-bond acceptors (Lipinski definition) is 5. The second-order valence-corrected chi connectivity index (χ2v) is 6.32. The molecular weight excluding hydrogens is 344 g/mol. The van der Waals surface area contributed by atoms with E-state index in [4.69, 9.17) is 10.00 Å². The first-order chi connectivity index (χ1) is 12.8. The second-order valence-electron chi connectivity index (χ2n) is 6.32. The van der Waals surface area contributed by atoms with Gasteiger partial charge in [-0.05, 0) is 55.5 Å². The van der Waals surface area contributed by atoms with Crippen LogP contribution in [0.2, 0.25) is 0 Å². The molecule has 1 unspecified atom stereocenters. The van der Waals surface area contributed by atoms with Crippen LogP contribution in [0, 0.1) is 17.2 Å². The Bertz CT molecular complexity index is 878. The Morgan fingerprint density at radius 2 is 1.48 bits per heavy atom. The third-order valence-corrected chi connectivity index (χ3v) is 3.86. The van der Waals surface area contributed by atoms with Crippen molar-refractivity contribution in [3.8, 4) is 6.07 Å². The molecule has 0 aliphatic carbocycles. The molecule has 0 saturated heterocycles. The number of nitriles is 1. The Kier molecular flexibility index (Phi) is 6.45. The molecule has 0 aliphatic heterocycles. The van der Waals surface area contributed by atoms with E-state index in [9.17, 15) is 14.4 Å². The number of hydrogen-bond donors (Lipinski definition) is 1. The summed E-state index contributed by atoms with van der Waals surface area (Å²) in [6.45, 7) is 5.08. The molecule has 2 rings (SSSR count). The van der Waals surface area contributed by atoms with Crippen LogP contribution in [0.25, 0.3) is 0 Å². The smallest absolute Gasteiger partial charge is 0.338 e. The van der Waals surface area contributed by atoms with Crippen LogP contribution in [-0.2, 0) is 9.53 Å². The predicted octanol–water partition coefficient (Wildman–Crippen LogP) is 3.58. The topological polar surface area (TPSA) is 96.3 Å². The lowest BCUT2D eigenvalue weighted by Gasteiger charge is -2.13. The van der Waals surface area contributed by atoms with Gasteiger partial charge in [0.15, 0.2) is 6.10 Å². The maximum atomic E-state index is 12.4. The van der Waals surface area contributed by atoms with Gasteiger partial charge in [-0.3, -0.25) is 9.59 Å². The first-order valence-electron chi connectivity index (χ1n) is 8.48. The van der Waals surface area contributed by atoms with Crippen LogP contribution in [0.15, 0.2) is 48.5 Å². The number of benzene rings is 2. The summed E-state index contributed by atoms with van der Waals surface area (Å²) in [5.41, 5.74) is 1.66. The number of esters is 1. The first-order valence-corrected chi connectivity index (χ1v) is 8.48. The number of nitrogens with one attached hydrogen (secondary N) is 1. The summed E-state index contributed by atoms with van der Waals surface area (Å²) in [6, 6.07) is 14.3. The molecule has 6 nitrogen and oxygen atoms in total. The lowest BCUT2D eigenvalue weighted by molar-refractivity contribution is -0.118. The highest BCUT2D eigenvalue weighted by molar-refractivity contribution is 6.02. The van der Waals surface area contributed by atoms with Gasteiger partial charge in [0.2, 0.25) is 11.7 Å². The zero-order chi connectivity index (χ0) is 20.0. The standard InChI is InChI=1S/C21H20N2O4/c1-13(2)20(25)23-18-10-8-16(9-11-18)19(24)14(3)27-21(26)17-6-4-15(12-22)5-7-17/h4-11,13-14H,1-3H3,(H,23,25). The number of carbonyl (C=O) groups excluding carboxylic acids is 3. The zero-order valence-electron chi connectivity index (χ0n) is 15.4. The van der Waals surface area contributed by atoms with Crippen molar-refractivity contribution in [1.82, 2.24) is 0 Å². The molecule has 1 N–H and O–H groups in total. The molecular formula is C21H20N2O4. The van der Waals surface area contributed by atoms with Crippen molar-refractivity contribution in [3.63, 3.8) is 0 Å². The molecule has 1 amide bonds. The highest BCUT2D eigenvalue weighted by atomic mass is 16.5. The lowest BCUT2D eigenvalue weighted by atomic mass is 10.1. The summed E-state index contributed by atoms with van der Waals surface area (Å²) in [6.07, 6.45) is -0.968. The zero-order valence-corrected chi connectivity index (χ0v) is 15.4. The first kappa shape index (κ1) is 19.9. The predicted molar refractivity (Wildman–Crippen MR) is 100 cm³/mol. The van der Waals surface area contributed by atoms with Crippen molar-refractivity contribution in [2.24, 2.45) is 5.92 Å². The van der Waals surface area contributed by atoms with E-state index < -0.39 is 12.1 Å². The van der Waals surface area contributed by atoms with E-state index in [1.54, 1.807) is 38.1 Å². The molecule has 138 valence electrons. The lowest BCUT2D eigenvalue weighted by Crippen LogP contribution is -2.24. The van der Waals surface area contributed by atoms with Crippen molar-refractivity contribution in [3.05, 3.63) is 65.2 Å². The molecule has 2 aromatic carbocycles. The highest BCUT2D eigenvalue weighted by Crippen LogP contribution is 2.15. The SMILES string of the molecule is CC(C)C(=O)Nc1ccc(C(=O)C(C)OC(=O)c2ccc(C#N)cc2)cc1. The number of ketones is 1. The number of ether oxygens (including phenoxy) is 1. The summed E-state index contributed by atoms with van der Waals surface area (Å²) >= 11 is 0. The Morgan fingerprint density at radius 1 is 0.926 bits per heavy atom. The third kappa shape index (κ3) is 5.25. The summed E-state index contributed by atoms with van der Waals surface area (Å²) in [5, 5.41) is 11.5. The van der Waals surface area contributed by atoms with Gasteiger partial charge in [-0.1, -0.05) is 13.8 Å². The molecule has 0 aliphatic rings. The number of anilines is 1. The van der Waals surface area contributed by atoms with Gasteiger partial charge in [0.25, 0.3) is 0 Å². The average molecular weight is 364 g/mol. The van der Waals surface area contributed by atoms with Gasteiger partial charge in [0.05, 0.1) is 17.2 Å². The number of rotatable bonds is 6. The van der Waals surface area contributed by atoms with E-state index in [-0.39, 0.29) is 23.2 Å². The number of amides is 1. The van der Waals surface area contributed by atoms with Gasteiger partial charge in [-0.25, -0.2) is 4.79 Å². The van der Waals surface area contributed by atoms with Gasteiger partial charge < -0.3 is 10.1 Å². The fourth-order valence-electron chi connectivity index (χ4n) is 2.20. The summed E-state index contributed by atoms with van der Waals surface area (Å²) in [5.74, 6) is -1.24. The van der Waals surface area contributed by atoms with E-state index in [0.717, 1.165) is 0 Å². The van der Waals surface area contributed by atoms with E-state index in [1.165, 1.54) is 31.2 Å². The van der Waals surface area contributed by atoms with Gasteiger partial charge >= 0.3 is 5.97 Å². The fourth-order valence-corrected chi connectivity index (χ4v) is 2.20. The maximum absolute atomic E-state index is 12.4. The van der Waals surface area contributed by atoms with Crippen molar-refractivity contribution in [2.45, 2.75) is 26.9 Å². The van der Waals surface area contributed by atoms with E-state index in [2.05, 4.69) is 5.32 Å². The molecule has 0 aromatic heterocycles. The molecule has 0 spiro atoms. The molecule has 0 saturated carbocycles. The molecule has 0 radical (unpaired) electrons. The summed E-state index contributed by atoms with van der Waals surface area (Å²) < 4.78 is 5.21. The van der Waals surface area contributed by atoms with E-state index >= 15 is 0 Å². The van der Waals surface area contributed by atoms with Gasteiger partial charge in [0, 0.05) is 17.2 Å². The minimum atomic E-state index is -0.968. The number of Topliss-reactive ketones (excluding diaryl/α,β-unsaturated/α-hetero) is 1. The van der Waals surface area contributed by atoms with Crippen molar-refractivity contribution < 1.29 is 19.1 Å². The Morgan fingerprint density at radius 3 is 2.00 bits per heavy atom. The monoisotopic (exact) mass is 364 g/mol. The molecule has 6 heteroatoms. The maximum Gasteiger partial charge on any atom is 0.338 e. The van der Waals surface area contributed by atoms with E-state index in [0.29, 0.717) is 16.8 Å². The Labute approximate surface area is 157 Å². The Hall–Kier alpha value is -3.46. The molecule has 1 atom stereocenters. The van der Waals surface area contributed by atoms with Crippen LogP contribution >= 0.6 is 0 Å². The third-order valence-electron chi connectivity index (χ3n) is 3.86. The quantitative estimate of drug-likeness (QED) is 0.624. The van der Waals surface area contributed by atoms with Crippen LogP contribution in [0.3, 0.4) is 0 Å². The number of nitrogens with zero attached hydrogens (tertiary/aromatic N) is 1. The van der Waals surface area contributed by atoms with Crippen molar-refractivity contribution in [1.29, 1.82) is 5.26 Å². The van der Waals surface area contributed by atoms with Crippen LogP contribution < -0.4 is 5.32 Å². The minimum Gasteiger partial charge on any atom is -0.451 e. The van der Waals surface area contributed by atoms with Crippen LogP contribution in [0.5, 0.6) is 0 Å². The normalized spacial score (nSPS) is 11.4. The minimum absolute atomic E-state index is 0.112. The van der Waals surface area contributed by atoms with Gasteiger partial charge in [-0.15, -0.1) is 0 Å². The average Bonchev–Trinajstić information content (AvgIpc) is 2.67. The summed E-state index contributed by atoms with van der Waals surface area (Å²) in [4.78, 5) is 36.3. The van der Waals surface area contributed by atoms with Crippen LogP contribution in [-0.4, -0.2) is 23.8 Å². The second kappa shape index (κ2) is 8.77. The highest BCUT2D eigenvalue weighted by Gasteiger charge is 2.20. The Balaban J connectivity index is 2.00. The summed E-state index contributed by atoms with van der Waals surface area (Å²) in [7, 11) is 0. The van der Waals surface area contributed by atoms with Crippen LogP contribution in [0.1, 0.15) is 47.1 Å². The van der Waals surface area contributed by atoms with Gasteiger partial charge in [0.1, 0.15) is 0 Å². The van der Waals surface area contributed by atoms with Gasteiger partial charge in [-0.2, -0.15) is 5.26 Å². The largest absolute Gasteiger partial charge is 0.451 e. The van der Waals surface area contributed by atoms with Crippen LogP contribution in [0.4, 0.5) is 5.69 Å². The van der Waals surface area contributed by atoms with E-state index in [1.807, 2.05) is 6.07 Å². The number of carbonyl (C=O) groups is 3.